The normalized spacial score (nSPS) is 18.2. The van der Waals surface area contributed by atoms with E-state index < -0.39 is 0 Å². The number of morpholine rings is 1. The van der Waals surface area contributed by atoms with E-state index in [1.807, 2.05) is 28.9 Å². The fourth-order valence-corrected chi connectivity index (χ4v) is 2.70. The first-order valence-corrected chi connectivity index (χ1v) is 6.82. The number of imidazole rings is 1. The van der Waals surface area contributed by atoms with Gasteiger partial charge in [-0.25, -0.2) is 4.98 Å². The van der Waals surface area contributed by atoms with Crippen LogP contribution in [0.1, 0.15) is 0 Å². The number of hydrogen-bond donors (Lipinski definition) is 1. The van der Waals surface area contributed by atoms with E-state index >= 15 is 0 Å². The molecule has 1 aliphatic carbocycles. The third-order valence-electron chi connectivity index (χ3n) is 3.83. The molecule has 2 N–H and O–H groups in total. The summed E-state index contributed by atoms with van der Waals surface area (Å²) in [6, 6.07) is 6.31. The summed E-state index contributed by atoms with van der Waals surface area (Å²) in [6.07, 6.45) is 6.09. The number of rotatable bonds is 2. The number of nitrogen functional groups attached to an aromatic ring is 1. The van der Waals surface area contributed by atoms with Gasteiger partial charge in [-0.15, -0.1) is 0 Å². The van der Waals surface area contributed by atoms with Gasteiger partial charge in [-0.05, 0) is 30.4 Å². The highest BCUT2D eigenvalue weighted by atomic mass is 16.5. The van der Waals surface area contributed by atoms with Crippen molar-refractivity contribution in [2.75, 3.05) is 36.9 Å². The highest BCUT2D eigenvalue weighted by Gasteiger charge is 2.16. The van der Waals surface area contributed by atoms with Crippen molar-refractivity contribution in [1.29, 1.82) is 0 Å². The largest absolute Gasteiger partial charge is 0.378 e. The topological polar surface area (TPSA) is 56.3 Å². The molecule has 0 atom stereocenters. The minimum atomic E-state index is 0.537. The highest BCUT2D eigenvalue weighted by molar-refractivity contribution is 5.88. The van der Waals surface area contributed by atoms with Crippen molar-refractivity contribution in [1.82, 2.24) is 9.55 Å². The zero-order valence-electron chi connectivity index (χ0n) is 11.1. The van der Waals surface area contributed by atoms with Crippen molar-refractivity contribution in [3.8, 4) is 0 Å². The van der Waals surface area contributed by atoms with Crippen LogP contribution in [0.5, 0.6) is 0 Å². The summed E-state index contributed by atoms with van der Waals surface area (Å²) in [4.78, 5) is 6.76. The van der Waals surface area contributed by atoms with Crippen LogP contribution in [-0.2, 0) is 4.74 Å². The van der Waals surface area contributed by atoms with Crippen LogP contribution < -0.4 is 10.6 Å². The molecule has 1 aromatic heterocycles. The van der Waals surface area contributed by atoms with Crippen LogP contribution in [0, 0.1) is 0 Å². The molecule has 1 aromatic carbocycles. The molecule has 2 heterocycles. The van der Waals surface area contributed by atoms with Crippen LogP contribution in [0.15, 0.2) is 36.4 Å². The first-order chi connectivity index (χ1) is 9.83. The number of benzene rings is 1. The predicted molar refractivity (Wildman–Crippen MR) is 80.6 cm³/mol. The van der Waals surface area contributed by atoms with Gasteiger partial charge in [-0.1, -0.05) is 6.08 Å². The molecule has 2 aromatic rings. The molecule has 0 saturated carbocycles. The third kappa shape index (κ3) is 1.71. The summed E-state index contributed by atoms with van der Waals surface area (Å²) in [6.45, 7) is 3.43. The molecular weight excluding hydrogens is 252 g/mol. The molecule has 1 aliphatic heterocycles. The molecule has 0 unspecified atom stereocenters. The minimum Gasteiger partial charge on any atom is -0.378 e. The van der Waals surface area contributed by atoms with Crippen molar-refractivity contribution in [2.45, 2.75) is 0 Å². The molecule has 4 rings (SSSR count). The van der Waals surface area contributed by atoms with Crippen molar-refractivity contribution < 1.29 is 4.74 Å². The zero-order chi connectivity index (χ0) is 13.5. The molecule has 0 bridgehead atoms. The Balaban J connectivity index is 1.81. The fraction of sp³-hybridized carbons (Fsp3) is 0.267. The van der Waals surface area contributed by atoms with Gasteiger partial charge < -0.3 is 15.4 Å². The smallest absolute Gasteiger partial charge is 0.205 e. The second-order valence-corrected chi connectivity index (χ2v) is 5.03. The van der Waals surface area contributed by atoms with E-state index in [9.17, 15) is 0 Å². The molecule has 1 fully saturated rings. The number of aromatic nitrogens is 2. The lowest BCUT2D eigenvalue weighted by molar-refractivity contribution is 0.122. The molecule has 1 saturated heterocycles. The molecule has 5 heteroatoms. The van der Waals surface area contributed by atoms with E-state index in [0.717, 1.165) is 43.0 Å². The zero-order valence-corrected chi connectivity index (χ0v) is 11.1. The Morgan fingerprint density at radius 3 is 2.70 bits per heavy atom. The Kier molecular flexibility index (Phi) is 2.53. The molecule has 2 aliphatic rings. The minimum absolute atomic E-state index is 0.537. The maximum Gasteiger partial charge on any atom is 0.205 e. The van der Waals surface area contributed by atoms with Gasteiger partial charge >= 0.3 is 0 Å². The van der Waals surface area contributed by atoms with Crippen molar-refractivity contribution >= 4 is 28.4 Å². The van der Waals surface area contributed by atoms with Crippen molar-refractivity contribution in [2.24, 2.45) is 0 Å². The summed E-state index contributed by atoms with van der Waals surface area (Å²) in [5, 5.41) is 0. The van der Waals surface area contributed by atoms with Crippen LogP contribution in [0.25, 0.3) is 16.7 Å². The second-order valence-electron chi connectivity index (χ2n) is 5.03. The molecule has 0 amide bonds. The quantitative estimate of drug-likeness (QED) is 0.903. The Hall–Kier alpha value is -2.27. The lowest BCUT2D eigenvalue weighted by Crippen LogP contribution is -2.36. The van der Waals surface area contributed by atoms with Crippen LogP contribution in [0.3, 0.4) is 0 Å². The number of allylic oxidation sites excluding steroid dienone is 4. The molecule has 20 heavy (non-hydrogen) atoms. The molecule has 0 radical (unpaired) electrons. The Labute approximate surface area is 116 Å². The van der Waals surface area contributed by atoms with Crippen LogP contribution in [0.4, 0.5) is 11.6 Å². The Morgan fingerprint density at radius 1 is 1.20 bits per heavy atom. The van der Waals surface area contributed by atoms with Gasteiger partial charge in [0, 0.05) is 24.5 Å². The molecule has 102 valence electrons. The first kappa shape index (κ1) is 11.5. The summed E-state index contributed by atoms with van der Waals surface area (Å²) >= 11 is 0. The second kappa shape index (κ2) is 4.38. The Bertz CT molecular complexity index is 723. The number of nitrogens with two attached hydrogens (primary N) is 1. The van der Waals surface area contributed by atoms with Crippen molar-refractivity contribution in [3.05, 3.63) is 36.4 Å². The van der Waals surface area contributed by atoms with E-state index in [2.05, 4.69) is 22.0 Å². The van der Waals surface area contributed by atoms with Gasteiger partial charge in [-0.2, -0.15) is 0 Å². The van der Waals surface area contributed by atoms with Crippen molar-refractivity contribution in [3.63, 3.8) is 0 Å². The van der Waals surface area contributed by atoms with Gasteiger partial charge in [0.15, 0.2) is 0 Å². The van der Waals surface area contributed by atoms with Gasteiger partial charge in [0.05, 0.1) is 24.2 Å². The average Bonchev–Trinajstić information content (AvgIpc) is 2.74. The van der Waals surface area contributed by atoms with E-state index in [1.54, 1.807) is 0 Å². The lowest BCUT2D eigenvalue weighted by Gasteiger charge is -2.29. The van der Waals surface area contributed by atoms with Gasteiger partial charge in [0.2, 0.25) is 5.95 Å². The SMILES string of the molecule is Nc1nc2ccc(N3CCOCC3)cc2n1C1=CC=C1. The van der Waals surface area contributed by atoms with E-state index in [1.165, 1.54) is 5.69 Å². The van der Waals surface area contributed by atoms with Crippen LogP contribution >= 0.6 is 0 Å². The number of hydrogen-bond acceptors (Lipinski definition) is 4. The number of nitrogens with zero attached hydrogens (tertiary/aromatic N) is 3. The van der Waals surface area contributed by atoms with Gasteiger partial charge in [-0.3, -0.25) is 4.57 Å². The summed E-state index contributed by atoms with van der Waals surface area (Å²) in [7, 11) is 0. The fourth-order valence-electron chi connectivity index (χ4n) is 2.70. The predicted octanol–water partition coefficient (Wildman–Crippen LogP) is 1.87. The maximum absolute atomic E-state index is 6.04. The lowest BCUT2D eigenvalue weighted by atomic mass is 10.2. The van der Waals surface area contributed by atoms with Crippen LogP contribution in [-0.4, -0.2) is 35.9 Å². The molecule has 5 nitrogen and oxygen atoms in total. The molecule has 0 spiro atoms. The molecular formula is C15H16N4O. The third-order valence-corrected chi connectivity index (χ3v) is 3.83. The first-order valence-electron chi connectivity index (χ1n) is 6.82. The summed E-state index contributed by atoms with van der Waals surface area (Å²) in [5.74, 6) is 0.537. The monoisotopic (exact) mass is 268 g/mol. The van der Waals surface area contributed by atoms with Crippen LogP contribution in [0.2, 0.25) is 0 Å². The number of ether oxygens (including phenoxy) is 1. The summed E-state index contributed by atoms with van der Waals surface area (Å²) < 4.78 is 7.40. The van der Waals surface area contributed by atoms with E-state index in [4.69, 9.17) is 10.5 Å². The van der Waals surface area contributed by atoms with E-state index in [-0.39, 0.29) is 0 Å². The maximum atomic E-state index is 6.04. The standard InChI is InChI=1S/C15H16N4O/c16-15-17-13-5-4-12(18-6-8-20-9-7-18)10-14(13)19(15)11-2-1-3-11/h1-5,10H,6-9H2,(H2,16,17). The van der Waals surface area contributed by atoms with Gasteiger partial charge in [0.25, 0.3) is 0 Å². The average molecular weight is 268 g/mol. The number of anilines is 2. The Morgan fingerprint density at radius 2 is 2.00 bits per heavy atom. The van der Waals surface area contributed by atoms with Gasteiger partial charge in [0.1, 0.15) is 0 Å². The van der Waals surface area contributed by atoms with E-state index in [0.29, 0.717) is 5.95 Å². The number of fused-ring (bicyclic) bond motifs is 1. The highest BCUT2D eigenvalue weighted by Crippen LogP contribution is 2.29. The summed E-state index contributed by atoms with van der Waals surface area (Å²) in [5.41, 5.74) is 10.3.